The highest BCUT2D eigenvalue weighted by Crippen LogP contribution is 2.33. The summed E-state index contributed by atoms with van der Waals surface area (Å²) in [4.78, 5) is 19.9. The van der Waals surface area contributed by atoms with Gasteiger partial charge in [-0.05, 0) is 57.5 Å². The first-order valence-electron chi connectivity index (χ1n) is 11.8. The van der Waals surface area contributed by atoms with Gasteiger partial charge in [-0.2, -0.15) is 13.2 Å². The molecule has 0 unspecified atom stereocenters. The number of thiazole rings is 1. The number of benzene rings is 2. The fourth-order valence-electron chi connectivity index (χ4n) is 3.63. The van der Waals surface area contributed by atoms with Crippen molar-refractivity contribution >= 4 is 17.3 Å². The van der Waals surface area contributed by atoms with Gasteiger partial charge >= 0.3 is 12.1 Å². The summed E-state index contributed by atoms with van der Waals surface area (Å²) >= 11 is 1.47. The zero-order valence-electron chi connectivity index (χ0n) is 21.4. The molecule has 1 aromatic heterocycles. The molecule has 0 aliphatic carbocycles. The van der Waals surface area contributed by atoms with Crippen LogP contribution in [0.25, 0.3) is 10.6 Å². The average molecular weight is 533 g/mol. The van der Waals surface area contributed by atoms with Crippen molar-refractivity contribution < 1.29 is 27.4 Å². The molecule has 0 saturated heterocycles. The van der Waals surface area contributed by atoms with E-state index in [0.29, 0.717) is 36.0 Å². The molecule has 3 rings (SSSR count). The third-order valence-electron chi connectivity index (χ3n) is 5.58. The van der Waals surface area contributed by atoms with Crippen molar-refractivity contribution in [2.24, 2.45) is 0 Å². The largest absolute Gasteiger partial charge is 0.476 e. The topological polar surface area (TPSA) is 51.7 Å². The molecule has 0 aliphatic heterocycles. The van der Waals surface area contributed by atoms with Crippen molar-refractivity contribution in [2.75, 3.05) is 13.2 Å². The highest BCUT2D eigenvalue weighted by Gasteiger charge is 2.32. The van der Waals surface area contributed by atoms with Crippen molar-refractivity contribution in [3.05, 3.63) is 82.9 Å². The summed E-state index contributed by atoms with van der Waals surface area (Å²) < 4.78 is 49.6. The smallest absolute Gasteiger partial charge is 0.416 e. The van der Waals surface area contributed by atoms with Crippen LogP contribution in [0.15, 0.2) is 61.2 Å². The minimum Gasteiger partial charge on any atom is -0.476 e. The van der Waals surface area contributed by atoms with E-state index in [1.807, 2.05) is 37.3 Å². The Morgan fingerprint density at radius 3 is 2.30 bits per heavy atom. The first-order valence-corrected chi connectivity index (χ1v) is 12.7. The molecule has 9 heteroatoms. The predicted octanol–water partition coefficient (Wildman–Crippen LogP) is 7.05. The number of nitrogens with zero attached hydrogens (tertiary/aromatic N) is 2. The van der Waals surface area contributed by atoms with E-state index in [1.54, 1.807) is 20.8 Å². The van der Waals surface area contributed by atoms with Crippen LogP contribution in [0.3, 0.4) is 0 Å². The van der Waals surface area contributed by atoms with Gasteiger partial charge in [0, 0.05) is 30.1 Å². The number of ether oxygens (including phenoxy) is 2. The molecule has 0 atom stereocenters. The van der Waals surface area contributed by atoms with Gasteiger partial charge in [-0.25, -0.2) is 9.78 Å². The van der Waals surface area contributed by atoms with Gasteiger partial charge in [-0.1, -0.05) is 30.3 Å². The number of halogens is 3. The lowest BCUT2D eigenvalue weighted by molar-refractivity contribution is -0.158. The number of rotatable bonds is 11. The highest BCUT2D eigenvalue weighted by molar-refractivity contribution is 7.15. The Hall–Kier alpha value is -3.17. The van der Waals surface area contributed by atoms with Crippen LogP contribution in [0.2, 0.25) is 0 Å². The minimum absolute atomic E-state index is 0.286. The maximum absolute atomic E-state index is 12.9. The van der Waals surface area contributed by atoms with Gasteiger partial charge in [-0.15, -0.1) is 17.9 Å². The average Bonchev–Trinajstić information content (AvgIpc) is 3.20. The van der Waals surface area contributed by atoms with E-state index >= 15 is 0 Å². The second-order valence-corrected chi connectivity index (χ2v) is 10.1. The van der Waals surface area contributed by atoms with E-state index < -0.39 is 23.3 Å². The monoisotopic (exact) mass is 532 g/mol. The Balaban J connectivity index is 1.69. The number of aromatic nitrogens is 1. The molecule has 0 aliphatic rings. The van der Waals surface area contributed by atoms with Crippen LogP contribution < -0.4 is 4.74 Å². The van der Waals surface area contributed by atoms with E-state index in [2.05, 4.69) is 16.5 Å². The Morgan fingerprint density at radius 2 is 1.73 bits per heavy atom. The first-order chi connectivity index (χ1) is 17.4. The van der Waals surface area contributed by atoms with E-state index in [0.717, 1.165) is 28.3 Å². The lowest BCUT2D eigenvalue weighted by Crippen LogP contribution is -2.39. The molecule has 3 aromatic rings. The molecule has 0 saturated carbocycles. The maximum Gasteiger partial charge on any atom is 0.416 e. The molecule has 5 nitrogen and oxygen atoms in total. The van der Waals surface area contributed by atoms with Gasteiger partial charge in [0.25, 0.3) is 0 Å². The van der Waals surface area contributed by atoms with Crippen molar-refractivity contribution in [1.82, 2.24) is 9.88 Å². The lowest BCUT2D eigenvalue weighted by atomic mass is 10.1. The summed E-state index contributed by atoms with van der Waals surface area (Å²) in [6.07, 6.45) is -2.54. The summed E-state index contributed by atoms with van der Waals surface area (Å²) in [5.74, 6) is 0.142. The molecule has 0 bridgehead atoms. The number of carbonyl (C=O) groups is 1. The molecule has 1 heterocycles. The number of esters is 1. The summed E-state index contributed by atoms with van der Waals surface area (Å²) in [6, 6.07) is 12.6. The van der Waals surface area contributed by atoms with Crippen LogP contribution in [0, 0.1) is 6.92 Å². The van der Waals surface area contributed by atoms with Gasteiger partial charge < -0.3 is 9.47 Å². The molecule has 37 heavy (non-hydrogen) atoms. The predicted molar refractivity (Wildman–Crippen MR) is 139 cm³/mol. The SMILES string of the molecule is C=CCN(Cc1ccc(OC(C)(C)C(=O)OCC)cc1)Cc1sc(-c2ccc(C(F)(F)F)cc2)nc1C. The molecule has 0 radical (unpaired) electrons. The molecular formula is C28H31F3N2O3S. The van der Waals surface area contributed by atoms with Crippen LogP contribution in [-0.4, -0.2) is 34.6 Å². The molecule has 0 fully saturated rings. The summed E-state index contributed by atoms with van der Waals surface area (Å²) in [7, 11) is 0. The van der Waals surface area contributed by atoms with Crippen molar-refractivity contribution in [3.63, 3.8) is 0 Å². The summed E-state index contributed by atoms with van der Waals surface area (Å²) in [6.45, 7) is 13.0. The molecule has 2 aromatic carbocycles. The minimum atomic E-state index is -4.37. The summed E-state index contributed by atoms with van der Waals surface area (Å²) in [5, 5.41) is 0.686. The van der Waals surface area contributed by atoms with Crippen LogP contribution in [0.4, 0.5) is 13.2 Å². The van der Waals surface area contributed by atoms with Crippen LogP contribution in [-0.2, 0) is 28.8 Å². The van der Waals surface area contributed by atoms with E-state index in [9.17, 15) is 18.0 Å². The molecule has 0 amide bonds. The van der Waals surface area contributed by atoms with Crippen LogP contribution >= 0.6 is 11.3 Å². The van der Waals surface area contributed by atoms with Crippen molar-refractivity contribution in [3.8, 4) is 16.3 Å². The van der Waals surface area contributed by atoms with E-state index in [1.165, 1.54) is 23.5 Å². The Morgan fingerprint density at radius 1 is 1.08 bits per heavy atom. The van der Waals surface area contributed by atoms with Gasteiger partial charge in [0.1, 0.15) is 10.8 Å². The van der Waals surface area contributed by atoms with E-state index in [-0.39, 0.29) is 6.61 Å². The zero-order chi connectivity index (χ0) is 27.2. The number of aryl methyl sites for hydroxylation is 1. The normalized spacial score (nSPS) is 12.0. The quantitative estimate of drug-likeness (QED) is 0.196. The van der Waals surface area contributed by atoms with Gasteiger partial charge in [0.2, 0.25) is 0 Å². The number of hydrogen-bond acceptors (Lipinski definition) is 6. The fraction of sp³-hybridized carbons (Fsp3) is 0.357. The fourth-order valence-corrected chi connectivity index (χ4v) is 4.74. The van der Waals surface area contributed by atoms with Crippen molar-refractivity contribution in [1.29, 1.82) is 0 Å². The highest BCUT2D eigenvalue weighted by atomic mass is 32.1. The van der Waals surface area contributed by atoms with Crippen LogP contribution in [0.1, 0.15) is 42.5 Å². The third-order valence-corrected chi connectivity index (χ3v) is 6.77. The Kier molecular flexibility index (Phi) is 9.15. The van der Waals surface area contributed by atoms with E-state index in [4.69, 9.17) is 9.47 Å². The first kappa shape index (κ1) is 28.4. The van der Waals surface area contributed by atoms with Gasteiger partial charge in [0.15, 0.2) is 5.60 Å². The second-order valence-electron chi connectivity index (χ2n) is 9.04. The standard InChI is InChI=1S/C28H31F3N2O3S/c1-6-16-33(17-20-8-14-23(15-9-20)36-27(4,5)26(34)35-7-2)18-24-19(3)32-25(37-24)21-10-12-22(13-11-21)28(29,30)31/h6,8-15H,1,7,16-18H2,2-5H3. The number of carbonyl (C=O) groups excluding carboxylic acids is 1. The zero-order valence-corrected chi connectivity index (χ0v) is 22.2. The third kappa shape index (κ3) is 7.66. The van der Waals surface area contributed by atoms with Gasteiger partial charge in [-0.3, -0.25) is 4.90 Å². The Labute approximate surface area is 219 Å². The maximum atomic E-state index is 12.9. The number of alkyl halides is 3. The molecule has 0 N–H and O–H groups in total. The summed E-state index contributed by atoms with van der Waals surface area (Å²) in [5.41, 5.74) is 0.778. The van der Waals surface area contributed by atoms with Crippen molar-refractivity contribution in [2.45, 2.75) is 52.6 Å². The van der Waals surface area contributed by atoms with Crippen LogP contribution in [0.5, 0.6) is 5.75 Å². The lowest BCUT2D eigenvalue weighted by Gasteiger charge is -2.24. The molecule has 0 spiro atoms. The Bertz CT molecular complexity index is 1200. The van der Waals surface area contributed by atoms with Gasteiger partial charge in [0.05, 0.1) is 17.9 Å². The molecule has 198 valence electrons. The number of hydrogen-bond donors (Lipinski definition) is 0. The second kappa shape index (κ2) is 11.9. The molecular weight excluding hydrogens is 501 g/mol.